The molecule has 0 aromatic rings. The maximum Gasteiger partial charge on any atom is 0.411 e. The first kappa shape index (κ1) is 17.1. The maximum absolute atomic E-state index is 12.4. The summed E-state index contributed by atoms with van der Waals surface area (Å²) in [5, 5.41) is 9.70. The zero-order valence-corrected chi connectivity index (χ0v) is 13.7. The summed E-state index contributed by atoms with van der Waals surface area (Å²) in [6.45, 7) is 9.02. The lowest BCUT2D eigenvalue weighted by atomic mass is 9.89. The monoisotopic (exact) mass is 303 g/mol. The van der Waals surface area contributed by atoms with Gasteiger partial charge in [-0.3, -0.25) is 4.90 Å². The normalized spacial score (nSPS) is 18.7. The molecule has 1 fully saturated rings. The molecule has 116 valence electrons. The molecule has 0 unspecified atom stereocenters. The largest absolute Gasteiger partial charge is 0.479 e. The molecule has 1 rings (SSSR count). The summed E-state index contributed by atoms with van der Waals surface area (Å²) in [5.74, 6) is 0.564. The van der Waals surface area contributed by atoms with Crippen molar-refractivity contribution in [3.63, 3.8) is 0 Å². The molecule has 6 heteroatoms. The van der Waals surface area contributed by atoms with Gasteiger partial charge >= 0.3 is 12.1 Å². The van der Waals surface area contributed by atoms with Crippen LogP contribution in [0.3, 0.4) is 0 Å². The lowest BCUT2D eigenvalue weighted by molar-refractivity contribution is -0.153. The third-order valence-corrected chi connectivity index (χ3v) is 4.27. The van der Waals surface area contributed by atoms with Gasteiger partial charge in [-0.05, 0) is 59.0 Å². The van der Waals surface area contributed by atoms with Crippen LogP contribution in [-0.4, -0.2) is 50.8 Å². The number of carbonyl (C=O) groups is 2. The third-order valence-electron chi connectivity index (χ3n) is 3.29. The highest BCUT2D eigenvalue weighted by Gasteiger charge is 2.49. The Bertz CT molecular complexity index is 370. The van der Waals surface area contributed by atoms with Gasteiger partial charge in [0.1, 0.15) is 11.1 Å². The predicted molar refractivity (Wildman–Crippen MR) is 80.1 cm³/mol. The summed E-state index contributed by atoms with van der Waals surface area (Å²) in [6.07, 6.45) is 0.385. The molecule has 1 amide bonds. The van der Waals surface area contributed by atoms with Crippen LogP contribution in [0.15, 0.2) is 0 Å². The Morgan fingerprint density at radius 1 is 1.25 bits per heavy atom. The van der Waals surface area contributed by atoms with Crippen LogP contribution in [0.5, 0.6) is 0 Å². The van der Waals surface area contributed by atoms with E-state index < -0.39 is 23.2 Å². The number of thioether (sulfide) groups is 1. The second-order valence-electron chi connectivity index (χ2n) is 6.39. The Balaban J connectivity index is 3.09. The van der Waals surface area contributed by atoms with E-state index in [2.05, 4.69) is 0 Å². The van der Waals surface area contributed by atoms with E-state index in [1.807, 2.05) is 13.8 Å². The van der Waals surface area contributed by atoms with Crippen LogP contribution in [0, 0.1) is 0 Å². The molecule has 0 aliphatic carbocycles. The van der Waals surface area contributed by atoms with Gasteiger partial charge in [-0.2, -0.15) is 11.8 Å². The quantitative estimate of drug-likeness (QED) is 0.868. The average molecular weight is 303 g/mol. The van der Waals surface area contributed by atoms with Crippen molar-refractivity contribution in [2.45, 2.75) is 64.6 Å². The predicted octanol–water partition coefficient (Wildman–Crippen LogP) is 2.98. The van der Waals surface area contributed by atoms with Gasteiger partial charge in [-0.1, -0.05) is 0 Å². The summed E-state index contributed by atoms with van der Waals surface area (Å²) in [6, 6.07) is -0.218. The van der Waals surface area contributed by atoms with Crippen molar-refractivity contribution in [2.24, 2.45) is 0 Å². The molecule has 1 N–H and O–H groups in total. The highest BCUT2D eigenvalue weighted by atomic mass is 32.2. The first-order valence-corrected chi connectivity index (χ1v) is 8.09. The van der Waals surface area contributed by atoms with Gasteiger partial charge in [0, 0.05) is 6.04 Å². The molecular formula is C14H25NO4S. The minimum atomic E-state index is -1.14. The SMILES string of the molecule is CC(C)N(C(=O)OC(C)(C)C)C1(C(=O)O)CCSCC1. The minimum absolute atomic E-state index is 0.218. The highest BCUT2D eigenvalue weighted by Crippen LogP contribution is 2.35. The van der Waals surface area contributed by atoms with Crippen molar-refractivity contribution < 1.29 is 19.4 Å². The van der Waals surface area contributed by atoms with Crippen molar-refractivity contribution in [1.82, 2.24) is 4.90 Å². The molecule has 1 aliphatic rings. The number of carboxylic acids is 1. The number of aliphatic carboxylic acids is 1. The van der Waals surface area contributed by atoms with Gasteiger partial charge in [0.25, 0.3) is 0 Å². The molecule has 0 bridgehead atoms. The first-order valence-electron chi connectivity index (χ1n) is 6.93. The molecule has 0 radical (unpaired) electrons. The fourth-order valence-electron chi connectivity index (χ4n) is 2.46. The van der Waals surface area contributed by atoms with Crippen molar-refractivity contribution in [1.29, 1.82) is 0 Å². The number of nitrogens with zero attached hydrogens (tertiary/aromatic N) is 1. The lowest BCUT2D eigenvalue weighted by Gasteiger charge is -2.45. The standard InChI is InChI=1S/C14H25NO4S/c1-10(2)15(12(18)19-13(3,4)5)14(11(16)17)6-8-20-9-7-14/h10H,6-9H2,1-5H3,(H,16,17). The van der Waals surface area contributed by atoms with E-state index in [1.54, 1.807) is 32.5 Å². The van der Waals surface area contributed by atoms with Crippen molar-refractivity contribution in [3.05, 3.63) is 0 Å². The summed E-state index contributed by atoms with van der Waals surface area (Å²) >= 11 is 1.73. The molecule has 1 heterocycles. The van der Waals surface area contributed by atoms with E-state index in [-0.39, 0.29) is 6.04 Å². The minimum Gasteiger partial charge on any atom is -0.479 e. The number of amides is 1. The van der Waals surface area contributed by atoms with Gasteiger partial charge in [0.2, 0.25) is 0 Å². The summed E-state index contributed by atoms with van der Waals surface area (Å²) < 4.78 is 5.41. The Kier molecular flexibility index (Phi) is 5.35. The van der Waals surface area contributed by atoms with Gasteiger partial charge in [0.15, 0.2) is 0 Å². The van der Waals surface area contributed by atoms with E-state index in [1.165, 1.54) is 4.90 Å². The van der Waals surface area contributed by atoms with E-state index >= 15 is 0 Å². The van der Waals surface area contributed by atoms with Crippen LogP contribution >= 0.6 is 11.8 Å². The molecule has 5 nitrogen and oxygen atoms in total. The summed E-state index contributed by atoms with van der Waals surface area (Å²) in [4.78, 5) is 25.7. The van der Waals surface area contributed by atoms with Gasteiger partial charge in [0.05, 0.1) is 0 Å². The van der Waals surface area contributed by atoms with Crippen LogP contribution in [0.2, 0.25) is 0 Å². The molecular weight excluding hydrogens is 278 g/mol. The van der Waals surface area contributed by atoms with Crippen molar-refractivity contribution >= 4 is 23.8 Å². The fraction of sp³-hybridized carbons (Fsp3) is 0.857. The highest BCUT2D eigenvalue weighted by molar-refractivity contribution is 7.99. The lowest BCUT2D eigenvalue weighted by Crippen LogP contribution is -2.62. The number of rotatable bonds is 3. The first-order chi connectivity index (χ1) is 9.10. The summed E-state index contributed by atoms with van der Waals surface area (Å²) in [5.41, 5.74) is -1.77. The Morgan fingerprint density at radius 2 is 1.75 bits per heavy atom. The molecule has 20 heavy (non-hydrogen) atoms. The number of carboxylic acid groups (broad SMARTS) is 1. The molecule has 0 atom stereocenters. The number of carbonyl (C=O) groups excluding carboxylic acids is 1. The smallest absolute Gasteiger partial charge is 0.411 e. The topological polar surface area (TPSA) is 66.8 Å². The molecule has 1 saturated heterocycles. The molecule has 0 aromatic carbocycles. The van der Waals surface area contributed by atoms with Crippen LogP contribution in [0.25, 0.3) is 0 Å². The molecule has 0 spiro atoms. The van der Waals surface area contributed by atoms with Crippen molar-refractivity contribution in [3.8, 4) is 0 Å². The molecule has 1 aliphatic heterocycles. The van der Waals surface area contributed by atoms with E-state index in [4.69, 9.17) is 4.74 Å². The number of hydrogen-bond acceptors (Lipinski definition) is 4. The number of ether oxygens (including phenoxy) is 1. The van der Waals surface area contributed by atoms with E-state index in [0.717, 1.165) is 11.5 Å². The zero-order chi connectivity index (χ0) is 15.6. The Morgan fingerprint density at radius 3 is 2.10 bits per heavy atom. The second kappa shape index (κ2) is 6.24. The van der Waals surface area contributed by atoms with Crippen LogP contribution in [0.1, 0.15) is 47.5 Å². The van der Waals surface area contributed by atoms with Crippen LogP contribution < -0.4 is 0 Å². The van der Waals surface area contributed by atoms with E-state index in [0.29, 0.717) is 12.8 Å². The Labute approximate surface area is 125 Å². The van der Waals surface area contributed by atoms with Gasteiger partial charge in [-0.15, -0.1) is 0 Å². The molecule has 0 aromatic heterocycles. The second-order valence-corrected chi connectivity index (χ2v) is 7.62. The molecule has 0 saturated carbocycles. The zero-order valence-electron chi connectivity index (χ0n) is 12.9. The third kappa shape index (κ3) is 3.81. The van der Waals surface area contributed by atoms with Crippen LogP contribution in [-0.2, 0) is 9.53 Å². The summed E-state index contributed by atoms with van der Waals surface area (Å²) in [7, 11) is 0. The fourth-order valence-corrected chi connectivity index (χ4v) is 3.63. The average Bonchev–Trinajstić information content (AvgIpc) is 2.26. The number of hydrogen-bond donors (Lipinski definition) is 1. The van der Waals surface area contributed by atoms with Crippen molar-refractivity contribution in [2.75, 3.05) is 11.5 Å². The van der Waals surface area contributed by atoms with E-state index in [9.17, 15) is 14.7 Å². The van der Waals surface area contributed by atoms with Crippen LogP contribution in [0.4, 0.5) is 4.79 Å². The maximum atomic E-state index is 12.4. The van der Waals surface area contributed by atoms with Gasteiger partial charge < -0.3 is 9.84 Å². The Hall–Kier alpha value is -0.910. The van der Waals surface area contributed by atoms with Gasteiger partial charge in [-0.25, -0.2) is 9.59 Å².